The Morgan fingerprint density at radius 3 is 1.41 bits per heavy atom. The topological polar surface area (TPSA) is 51.6 Å². The highest BCUT2D eigenvalue weighted by atomic mass is 15.0. The van der Waals surface area contributed by atoms with Gasteiger partial charge in [-0.3, -0.25) is 4.98 Å². The van der Waals surface area contributed by atoms with Crippen LogP contribution in [-0.2, 0) is 0 Å². The van der Waals surface area contributed by atoms with Crippen molar-refractivity contribution >= 4 is 32.3 Å². The Balaban J connectivity index is 1.09. The average Bonchev–Trinajstić information content (AvgIpc) is 3.31. The van der Waals surface area contributed by atoms with Crippen LogP contribution >= 0.6 is 0 Å². The van der Waals surface area contributed by atoms with E-state index in [9.17, 15) is 0 Å². The maximum absolute atomic E-state index is 5.17. The lowest BCUT2D eigenvalue weighted by molar-refractivity contribution is 1.07. The van der Waals surface area contributed by atoms with E-state index in [1.54, 1.807) is 0 Å². The van der Waals surface area contributed by atoms with Crippen molar-refractivity contribution < 1.29 is 0 Å². The average molecular weight is 753 g/mol. The van der Waals surface area contributed by atoms with Crippen molar-refractivity contribution in [3.63, 3.8) is 0 Å². The summed E-state index contributed by atoms with van der Waals surface area (Å²) in [5, 5.41) is 7.53. The van der Waals surface area contributed by atoms with Crippen LogP contribution in [0.3, 0.4) is 0 Å². The summed E-state index contributed by atoms with van der Waals surface area (Å²) in [5.74, 6) is 1.90. The standard InChI is InChI=1S/C55H36N4/c1-35-30-44(28-29-56-35)38-22-18-36(19-23-38)37-20-24-39(25-21-37)46-31-47(50-34-45-16-8-14-40-26-27-41-15-9-17-49(50)52(41)51(40)45)33-48(32-46)55-58-53(42-10-4-2-5-11-42)57-54(59-55)43-12-6-3-7-13-43/h2-34H,1H3. The normalized spacial score (nSPS) is 11.5. The van der Waals surface area contributed by atoms with Gasteiger partial charge >= 0.3 is 0 Å². The molecule has 0 fully saturated rings. The molecule has 0 radical (unpaired) electrons. The first-order valence-electron chi connectivity index (χ1n) is 19.9. The van der Waals surface area contributed by atoms with E-state index in [-0.39, 0.29) is 0 Å². The molecule has 11 rings (SSSR count). The number of aryl methyl sites for hydroxylation is 1. The molecule has 0 aliphatic carbocycles. The van der Waals surface area contributed by atoms with Crippen molar-refractivity contribution in [2.45, 2.75) is 6.92 Å². The molecule has 0 aliphatic rings. The van der Waals surface area contributed by atoms with Gasteiger partial charge in [0.15, 0.2) is 17.5 Å². The Bertz CT molecular complexity index is 3250. The molecular weight excluding hydrogens is 717 g/mol. The molecule has 9 aromatic carbocycles. The Labute approximate surface area is 342 Å². The van der Waals surface area contributed by atoms with Crippen LogP contribution in [0.1, 0.15) is 5.69 Å². The highest BCUT2D eigenvalue weighted by Gasteiger charge is 2.18. The van der Waals surface area contributed by atoms with Crippen LogP contribution in [-0.4, -0.2) is 19.9 Å². The second kappa shape index (κ2) is 14.3. The SMILES string of the molecule is Cc1cc(-c2ccc(-c3ccc(-c4cc(-c5nc(-c6ccccc6)nc(-c6ccccc6)n5)cc(-c5cc6cccc7ccc8cccc5c8c76)c4)cc3)cc2)ccn1. The van der Waals surface area contributed by atoms with Crippen LogP contribution in [0.2, 0.25) is 0 Å². The zero-order chi connectivity index (χ0) is 39.3. The van der Waals surface area contributed by atoms with E-state index in [1.165, 1.54) is 54.6 Å². The summed E-state index contributed by atoms with van der Waals surface area (Å²) in [6.45, 7) is 2.03. The van der Waals surface area contributed by atoms with Gasteiger partial charge in [0.2, 0.25) is 0 Å². The largest absolute Gasteiger partial charge is 0.262 e. The molecular formula is C55H36N4. The van der Waals surface area contributed by atoms with E-state index >= 15 is 0 Å². The third-order valence-corrected chi connectivity index (χ3v) is 11.4. The molecule has 4 heteroatoms. The van der Waals surface area contributed by atoms with E-state index < -0.39 is 0 Å². The maximum Gasteiger partial charge on any atom is 0.164 e. The zero-order valence-corrected chi connectivity index (χ0v) is 32.3. The van der Waals surface area contributed by atoms with Gasteiger partial charge in [-0.05, 0) is 120 Å². The Kier molecular flexibility index (Phi) is 8.34. The first-order chi connectivity index (χ1) is 29.1. The van der Waals surface area contributed by atoms with Gasteiger partial charge < -0.3 is 0 Å². The Hall–Kier alpha value is -7.82. The molecule has 2 heterocycles. The van der Waals surface area contributed by atoms with E-state index in [0.717, 1.165) is 44.6 Å². The van der Waals surface area contributed by atoms with Gasteiger partial charge in [-0.15, -0.1) is 0 Å². The van der Waals surface area contributed by atoms with Gasteiger partial charge in [0.25, 0.3) is 0 Å². The lowest BCUT2D eigenvalue weighted by atomic mass is 9.87. The molecule has 0 bridgehead atoms. The molecule has 0 saturated carbocycles. The van der Waals surface area contributed by atoms with Gasteiger partial charge in [-0.1, -0.05) is 158 Å². The highest BCUT2D eigenvalue weighted by molar-refractivity contribution is 6.26. The van der Waals surface area contributed by atoms with E-state index in [0.29, 0.717) is 17.5 Å². The maximum atomic E-state index is 5.17. The van der Waals surface area contributed by atoms with Crippen LogP contribution in [0.4, 0.5) is 0 Å². The van der Waals surface area contributed by atoms with Gasteiger partial charge in [0, 0.05) is 28.6 Å². The van der Waals surface area contributed by atoms with Crippen molar-refractivity contribution in [1.82, 2.24) is 19.9 Å². The lowest BCUT2D eigenvalue weighted by Crippen LogP contribution is -2.00. The van der Waals surface area contributed by atoms with Crippen molar-refractivity contribution in [1.29, 1.82) is 0 Å². The number of hydrogen-bond acceptors (Lipinski definition) is 4. The summed E-state index contributed by atoms with van der Waals surface area (Å²) in [6, 6.07) is 69.0. The van der Waals surface area contributed by atoms with Crippen molar-refractivity contribution in [3.8, 4) is 78.7 Å². The first-order valence-corrected chi connectivity index (χ1v) is 19.9. The quantitative estimate of drug-likeness (QED) is 0.152. The molecule has 0 unspecified atom stereocenters. The van der Waals surface area contributed by atoms with E-state index in [2.05, 4.69) is 163 Å². The molecule has 2 aromatic heterocycles. The van der Waals surface area contributed by atoms with Crippen LogP contribution in [0.5, 0.6) is 0 Å². The molecule has 0 saturated heterocycles. The minimum atomic E-state index is 0.624. The van der Waals surface area contributed by atoms with Crippen LogP contribution in [0, 0.1) is 6.92 Å². The third kappa shape index (κ3) is 6.37. The number of nitrogens with zero attached hydrogens (tertiary/aromatic N) is 4. The van der Waals surface area contributed by atoms with E-state index in [4.69, 9.17) is 15.0 Å². The second-order valence-corrected chi connectivity index (χ2v) is 15.2. The zero-order valence-electron chi connectivity index (χ0n) is 32.3. The molecule has 276 valence electrons. The fraction of sp³-hybridized carbons (Fsp3) is 0.0182. The Morgan fingerprint density at radius 2 is 0.797 bits per heavy atom. The molecule has 11 aromatic rings. The fourth-order valence-electron chi connectivity index (χ4n) is 8.45. The number of hydrogen-bond donors (Lipinski definition) is 0. The third-order valence-electron chi connectivity index (χ3n) is 11.4. The summed E-state index contributed by atoms with van der Waals surface area (Å²) in [7, 11) is 0. The minimum Gasteiger partial charge on any atom is -0.262 e. The smallest absolute Gasteiger partial charge is 0.164 e. The number of aromatic nitrogens is 4. The molecule has 59 heavy (non-hydrogen) atoms. The summed E-state index contributed by atoms with van der Waals surface area (Å²) in [4.78, 5) is 19.7. The van der Waals surface area contributed by atoms with Gasteiger partial charge in [0.05, 0.1) is 0 Å². The van der Waals surface area contributed by atoms with Crippen molar-refractivity contribution in [2.24, 2.45) is 0 Å². The summed E-state index contributed by atoms with van der Waals surface area (Å²) in [5.41, 5.74) is 13.0. The molecule has 0 spiro atoms. The summed E-state index contributed by atoms with van der Waals surface area (Å²) >= 11 is 0. The molecule has 0 atom stereocenters. The lowest BCUT2D eigenvalue weighted by Gasteiger charge is -2.17. The molecule has 0 amide bonds. The van der Waals surface area contributed by atoms with Crippen LogP contribution in [0.25, 0.3) is 111 Å². The molecule has 0 aliphatic heterocycles. The predicted octanol–water partition coefficient (Wildman–Crippen LogP) is 14.1. The predicted molar refractivity (Wildman–Crippen MR) is 244 cm³/mol. The Morgan fingerprint density at radius 1 is 0.305 bits per heavy atom. The van der Waals surface area contributed by atoms with Crippen molar-refractivity contribution in [3.05, 3.63) is 206 Å². The van der Waals surface area contributed by atoms with Gasteiger partial charge in [0.1, 0.15) is 0 Å². The number of rotatable bonds is 7. The number of pyridine rings is 1. The van der Waals surface area contributed by atoms with Crippen LogP contribution in [0.15, 0.2) is 200 Å². The van der Waals surface area contributed by atoms with Gasteiger partial charge in [-0.2, -0.15) is 0 Å². The minimum absolute atomic E-state index is 0.624. The highest BCUT2D eigenvalue weighted by Crippen LogP contribution is 2.42. The second-order valence-electron chi connectivity index (χ2n) is 15.2. The van der Waals surface area contributed by atoms with Crippen molar-refractivity contribution in [2.75, 3.05) is 0 Å². The molecule has 0 N–H and O–H groups in total. The summed E-state index contributed by atoms with van der Waals surface area (Å²) in [6.07, 6.45) is 1.87. The summed E-state index contributed by atoms with van der Waals surface area (Å²) < 4.78 is 0. The monoisotopic (exact) mass is 752 g/mol. The van der Waals surface area contributed by atoms with Crippen LogP contribution < -0.4 is 0 Å². The number of benzene rings is 9. The first kappa shape index (κ1) is 34.4. The molecule has 4 nitrogen and oxygen atoms in total. The van der Waals surface area contributed by atoms with Gasteiger partial charge in [-0.25, -0.2) is 15.0 Å². The van der Waals surface area contributed by atoms with E-state index in [1.807, 2.05) is 49.5 Å². The fourth-order valence-corrected chi connectivity index (χ4v) is 8.45.